The van der Waals surface area contributed by atoms with Gasteiger partial charge < -0.3 is 5.32 Å². The first-order valence-corrected chi connectivity index (χ1v) is 8.86. The second kappa shape index (κ2) is 7.53. The highest BCUT2D eigenvalue weighted by Crippen LogP contribution is 2.20. The lowest BCUT2D eigenvalue weighted by molar-refractivity contribution is -0.116. The van der Waals surface area contributed by atoms with Gasteiger partial charge >= 0.3 is 0 Å². The molecule has 22 heavy (non-hydrogen) atoms. The van der Waals surface area contributed by atoms with Gasteiger partial charge in [0.05, 0.1) is 4.90 Å². The van der Waals surface area contributed by atoms with Gasteiger partial charge in [0.2, 0.25) is 15.9 Å². The number of hydrogen-bond donors (Lipinski definition) is 2. The van der Waals surface area contributed by atoms with E-state index in [4.69, 9.17) is 0 Å². The highest BCUT2D eigenvalue weighted by molar-refractivity contribution is 9.10. The molecule has 0 radical (unpaired) electrons. The van der Waals surface area contributed by atoms with Crippen molar-refractivity contribution in [2.24, 2.45) is 0 Å². The Balaban J connectivity index is 1.88. The molecule has 116 valence electrons. The van der Waals surface area contributed by atoms with E-state index in [1.54, 1.807) is 30.3 Å². The van der Waals surface area contributed by atoms with Gasteiger partial charge in [-0.05, 0) is 40.2 Å². The lowest BCUT2D eigenvalue weighted by atomic mass is 10.3. The van der Waals surface area contributed by atoms with Gasteiger partial charge in [-0.1, -0.05) is 30.3 Å². The zero-order valence-corrected chi connectivity index (χ0v) is 14.0. The van der Waals surface area contributed by atoms with E-state index in [1.165, 1.54) is 6.07 Å². The fraction of sp³-hybridized carbons (Fsp3) is 0.133. The predicted molar refractivity (Wildman–Crippen MR) is 89.0 cm³/mol. The SMILES string of the molecule is O=C(CCNS(=O)(=O)c1ccccc1Br)Nc1ccccc1. The van der Waals surface area contributed by atoms with Gasteiger partial charge in [-0.2, -0.15) is 0 Å². The average molecular weight is 383 g/mol. The van der Waals surface area contributed by atoms with Crippen molar-refractivity contribution in [3.8, 4) is 0 Å². The Hall–Kier alpha value is -1.70. The third-order valence-electron chi connectivity index (χ3n) is 2.83. The summed E-state index contributed by atoms with van der Waals surface area (Å²) in [6.07, 6.45) is 0.0541. The summed E-state index contributed by atoms with van der Waals surface area (Å²) in [5.74, 6) is -0.249. The molecule has 0 spiro atoms. The smallest absolute Gasteiger partial charge is 0.241 e. The highest BCUT2D eigenvalue weighted by Gasteiger charge is 2.16. The van der Waals surface area contributed by atoms with Crippen LogP contribution >= 0.6 is 15.9 Å². The van der Waals surface area contributed by atoms with Crippen LogP contribution in [-0.2, 0) is 14.8 Å². The molecule has 0 atom stereocenters. The number of amides is 1. The summed E-state index contributed by atoms with van der Waals surface area (Å²) in [5.41, 5.74) is 0.682. The van der Waals surface area contributed by atoms with Crippen molar-refractivity contribution in [2.75, 3.05) is 11.9 Å². The summed E-state index contributed by atoms with van der Waals surface area (Å²) in [7, 11) is -3.64. The number of carbonyl (C=O) groups is 1. The van der Waals surface area contributed by atoms with Crippen molar-refractivity contribution >= 4 is 37.5 Å². The van der Waals surface area contributed by atoms with Crippen molar-refractivity contribution in [3.63, 3.8) is 0 Å². The van der Waals surface area contributed by atoms with Crippen LogP contribution in [-0.4, -0.2) is 20.9 Å². The molecule has 0 aliphatic rings. The standard InChI is InChI=1S/C15H15BrN2O3S/c16-13-8-4-5-9-14(13)22(20,21)17-11-10-15(19)18-12-6-2-1-3-7-12/h1-9,17H,10-11H2,(H,18,19). The minimum atomic E-state index is -3.64. The predicted octanol–water partition coefficient (Wildman–Crippen LogP) is 2.76. The Morgan fingerprint density at radius 1 is 1.00 bits per heavy atom. The molecule has 2 rings (SSSR count). The van der Waals surface area contributed by atoms with E-state index in [-0.39, 0.29) is 23.8 Å². The Labute approximate surface area is 137 Å². The van der Waals surface area contributed by atoms with E-state index in [0.29, 0.717) is 10.2 Å². The zero-order valence-electron chi connectivity index (χ0n) is 11.6. The first kappa shape index (κ1) is 16.7. The summed E-state index contributed by atoms with van der Waals surface area (Å²) in [4.78, 5) is 11.9. The van der Waals surface area contributed by atoms with Crippen LogP contribution < -0.4 is 10.0 Å². The van der Waals surface area contributed by atoms with Crippen LogP contribution in [0.3, 0.4) is 0 Å². The highest BCUT2D eigenvalue weighted by atomic mass is 79.9. The Kier molecular flexibility index (Phi) is 5.70. The molecule has 2 aromatic carbocycles. The van der Waals surface area contributed by atoms with Crippen LogP contribution in [0.5, 0.6) is 0 Å². The van der Waals surface area contributed by atoms with Gasteiger partial charge in [0.15, 0.2) is 0 Å². The van der Waals surface area contributed by atoms with Gasteiger partial charge in [0, 0.05) is 23.1 Å². The van der Waals surface area contributed by atoms with Crippen molar-refractivity contribution < 1.29 is 13.2 Å². The fourth-order valence-corrected chi connectivity index (χ4v) is 3.82. The van der Waals surface area contributed by atoms with Crippen molar-refractivity contribution in [1.29, 1.82) is 0 Å². The number of carbonyl (C=O) groups excluding carboxylic acids is 1. The maximum atomic E-state index is 12.1. The third-order valence-corrected chi connectivity index (χ3v) is 5.30. The number of benzene rings is 2. The van der Waals surface area contributed by atoms with Gasteiger partial charge in [0.25, 0.3) is 0 Å². The maximum absolute atomic E-state index is 12.1. The molecule has 0 bridgehead atoms. The Bertz CT molecular complexity index is 748. The molecule has 0 aliphatic carbocycles. The summed E-state index contributed by atoms with van der Waals surface area (Å²) in [6.45, 7) is 0.0301. The number of halogens is 1. The Morgan fingerprint density at radius 2 is 1.64 bits per heavy atom. The van der Waals surface area contributed by atoms with E-state index in [1.807, 2.05) is 18.2 Å². The van der Waals surface area contributed by atoms with E-state index in [2.05, 4.69) is 26.0 Å². The van der Waals surface area contributed by atoms with Crippen molar-refractivity contribution in [1.82, 2.24) is 4.72 Å². The van der Waals surface area contributed by atoms with Crippen LogP contribution in [0, 0.1) is 0 Å². The number of anilines is 1. The van der Waals surface area contributed by atoms with Crippen LogP contribution in [0.2, 0.25) is 0 Å². The monoisotopic (exact) mass is 382 g/mol. The number of para-hydroxylation sites is 1. The zero-order chi connectivity index (χ0) is 16.0. The molecule has 2 aromatic rings. The first-order chi connectivity index (χ1) is 10.5. The van der Waals surface area contributed by atoms with Gasteiger partial charge in [-0.3, -0.25) is 4.79 Å². The molecule has 7 heteroatoms. The largest absolute Gasteiger partial charge is 0.326 e. The third kappa shape index (κ3) is 4.66. The number of rotatable bonds is 6. The molecule has 0 unspecified atom stereocenters. The van der Waals surface area contributed by atoms with E-state index in [9.17, 15) is 13.2 Å². The minimum Gasteiger partial charge on any atom is -0.326 e. The van der Waals surface area contributed by atoms with Crippen molar-refractivity contribution in [3.05, 3.63) is 59.1 Å². The lowest BCUT2D eigenvalue weighted by Gasteiger charge is -2.08. The van der Waals surface area contributed by atoms with E-state index >= 15 is 0 Å². The molecule has 0 saturated carbocycles. The van der Waals surface area contributed by atoms with Crippen LogP contribution in [0.25, 0.3) is 0 Å². The number of hydrogen-bond acceptors (Lipinski definition) is 3. The van der Waals surface area contributed by atoms with Crippen LogP contribution in [0.4, 0.5) is 5.69 Å². The van der Waals surface area contributed by atoms with Crippen LogP contribution in [0.15, 0.2) is 64.0 Å². The molecular weight excluding hydrogens is 368 g/mol. The molecule has 5 nitrogen and oxygen atoms in total. The summed E-state index contributed by atoms with van der Waals surface area (Å²) in [5, 5.41) is 2.70. The number of nitrogens with one attached hydrogen (secondary N) is 2. The Morgan fingerprint density at radius 3 is 2.32 bits per heavy atom. The van der Waals surface area contributed by atoms with Crippen LogP contribution in [0.1, 0.15) is 6.42 Å². The topological polar surface area (TPSA) is 75.3 Å². The second-order valence-corrected chi connectivity index (χ2v) is 7.08. The minimum absolute atomic E-state index is 0.0301. The van der Waals surface area contributed by atoms with E-state index in [0.717, 1.165) is 0 Å². The summed E-state index contributed by atoms with van der Waals surface area (Å²) < 4.78 is 27.1. The first-order valence-electron chi connectivity index (χ1n) is 6.58. The summed E-state index contributed by atoms with van der Waals surface area (Å²) in [6, 6.07) is 15.5. The van der Waals surface area contributed by atoms with Crippen molar-refractivity contribution in [2.45, 2.75) is 11.3 Å². The molecule has 0 aromatic heterocycles. The normalized spacial score (nSPS) is 11.1. The molecule has 0 heterocycles. The second-order valence-electron chi connectivity index (χ2n) is 4.49. The van der Waals surface area contributed by atoms with Gasteiger partial charge in [0.1, 0.15) is 0 Å². The molecule has 0 aliphatic heterocycles. The van der Waals surface area contributed by atoms with Gasteiger partial charge in [-0.25, -0.2) is 13.1 Å². The van der Waals surface area contributed by atoms with E-state index < -0.39 is 10.0 Å². The lowest BCUT2D eigenvalue weighted by Crippen LogP contribution is -2.28. The molecule has 0 fully saturated rings. The van der Waals surface area contributed by atoms with Gasteiger partial charge in [-0.15, -0.1) is 0 Å². The fourth-order valence-electron chi connectivity index (χ4n) is 1.78. The number of sulfonamides is 1. The molecule has 0 saturated heterocycles. The maximum Gasteiger partial charge on any atom is 0.241 e. The molecular formula is C15H15BrN2O3S. The molecule has 1 amide bonds. The average Bonchev–Trinajstić information content (AvgIpc) is 2.48. The summed E-state index contributed by atoms with van der Waals surface area (Å²) >= 11 is 3.20. The molecule has 2 N–H and O–H groups in total. The quantitative estimate of drug-likeness (QED) is 0.806.